The van der Waals surface area contributed by atoms with Crippen molar-refractivity contribution in [2.24, 2.45) is 7.05 Å². The monoisotopic (exact) mass is 233 g/mol. The molecule has 3 heterocycles. The Morgan fingerprint density at radius 3 is 3.06 bits per heavy atom. The maximum Gasteiger partial charge on any atom is 0.290 e. The second kappa shape index (κ2) is 3.18. The largest absolute Gasteiger partial charge is 0.290 e. The summed E-state index contributed by atoms with van der Waals surface area (Å²) in [5.41, 5.74) is 0.678. The van der Waals surface area contributed by atoms with Gasteiger partial charge in [-0.05, 0) is 17.5 Å². The van der Waals surface area contributed by atoms with Gasteiger partial charge in [-0.25, -0.2) is 4.68 Å². The molecular weight excluding hydrogens is 222 g/mol. The van der Waals surface area contributed by atoms with Gasteiger partial charge in [-0.15, -0.1) is 11.3 Å². The lowest BCUT2D eigenvalue weighted by atomic mass is 10.4. The van der Waals surface area contributed by atoms with E-state index in [0.717, 1.165) is 28.0 Å². The quantitative estimate of drug-likeness (QED) is 0.643. The zero-order valence-electron chi connectivity index (χ0n) is 9.10. The highest BCUT2D eigenvalue weighted by molar-refractivity contribution is 7.16. The molecule has 16 heavy (non-hydrogen) atoms. The van der Waals surface area contributed by atoms with E-state index in [1.807, 2.05) is 28.8 Å². The number of nitrogens with zero attached hydrogens (tertiary/aromatic N) is 3. The van der Waals surface area contributed by atoms with Crippen LogP contribution >= 0.6 is 11.3 Å². The van der Waals surface area contributed by atoms with E-state index in [4.69, 9.17) is 0 Å². The smallest absolute Gasteiger partial charge is 0.282 e. The summed E-state index contributed by atoms with van der Waals surface area (Å²) in [5, 5.41) is 7.45. The summed E-state index contributed by atoms with van der Waals surface area (Å²) >= 11 is 1.64. The zero-order chi connectivity index (χ0) is 11.3. The summed E-state index contributed by atoms with van der Waals surface area (Å²) < 4.78 is 3.39. The summed E-state index contributed by atoms with van der Waals surface area (Å²) in [7, 11) is 1.70. The average Bonchev–Trinajstić information content (AvgIpc) is 2.83. The lowest BCUT2D eigenvalue weighted by Crippen LogP contribution is -2.24. The van der Waals surface area contributed by atoms with Gasteiger partial charge in [0, 0.05) is 18.9 Å². The molecule has 82 valence electrons. The van der Waals surface area contributed by atoms with Crippen LogP contribution in [0.25, 0.3) is 15.7 Å². The predicted octanol–water partition coefficient (Wildman–Crippen LogP) is 1.81. The van der Waals surface area contributed by atoms with Crippen molar-refractivity contribution in [1.82, 2.24) is 14.2 Å². The van der Waals surface area contributed by atoms with Gasteiger partial charge in [0.15, 0.2) is 0 Å². The normalized spacial score (nSPS) is 11.6. The van der Waals surface area contributed by atoms with Gasteiger partial charge < -0.3 is 0 Å². The Hall–Kier alpha value is -1.62. The van der Waals surface area contributed by atoms with E-state index in [1.54, 1.807) is 18.4 Å². The molecule has 0 aliphatic heterocycles. The van der Waals surface area contributed by atoms with Crippen LogP contribution in [0.3, 0.4) is 0 Å². The molecule has 0 unspecified atom stereocenters. The van der Waals surface area contributed by atoms with Crippen LogP contribution in [-0.2, 0) is 13.5 Å². The summed E-state index contributed by atoms with van der Waals surface area (Å²) in [6.45, 7) is 2.05. The van der Waals surface area contributed by atoms with Crippen molar-refractivity contribution in [1.29, 1.82) is 0 Å². The molecule has 4 nitrogen and oxygen atoms in total. The Bertz CT molecular complexity index is 735. The van der Waals surface area contributed by atoms with Gasteiger partial charge in [-0.3, -0.25) is 9.20 Å². The van der Waals surface area contributed by atoms with Crippen molar-refractivity contribution < 1.29 is 0 Å². The maximum atomic E-state index is 11.9. The number of hydrogen-bond donors (Lipinski definition) is 0. The van der Waals surface area contributed by atoms with Crippen LogP contribution in [-0.4, -0.2) is 14.2 Å². The third-order valence-corrected chi connectivity index (χ3v) is 3.68. The Balaban J connectivity index is 2.65. The molecular formula is C11H11N3OS. The fourth-order valence-electron chi connectivity index (χ4n) is 2.00. The topological polar surface area (TPSA) is 39.3 Å². The minimum Gasteiger partial charge on any atom is -0.282 e. The molecule has 0 spiro atoms. The molecule has 5 heteroatoms. The predicted molar refractivity (Wildman–Crippen MR) is 65.2 cm³/mol. The van der Waals surface area contributed by atoms with Crippen molar-refractivity contribution in [2.75, 3.05) is 0 Å². The lowest BCUT2D eigenvalue weighted by molar-refractivity contribution is 0.657. The van der Waals surface area contributed by atoms with Crippen molar-refractivity contribution in [3.05, 3.63) is 33.7 Å². The molecule has 0 N–H and O–H groups in total. The fraction of sp³-hybridized carbons (Fsp3) is 0.273. The molecule has 0 bridgehead atoms. The van der Waals surface area contributed by atoms with Gasteiger partial charge in [-0.2, -0.15) is 5.10 Å². The Morgan fingerprint density at radius 2 is 2.31 bits per heavy atom. The van der Waals surface area contributed by atoms with Gasteiger partial charge in [0.1, 0.15) is 16.2 Å². The van der Waals surface area contributed by atoms with E-state index in [1.165, 1.54) is 4.68 Å². The first kappa shape index (κ1) is 9.59. The minimum atomic E-state index is -0.0411. The van der Waals surface area contributed by atoms with E-state index in [0.29, 0.717) is 0 Å². The molecule has 0 aliphatic carbocycles. The number of thiophene rings is 1. The van der Waals surface area contributed by atoms with Crippen molar-refractivity contribution >= 4 is 27.1 Å². The van der Waals surface area contributed by atoms with Gasteiger partial charge in [0.25, 0.3) is 5.56 Å². The first-order valence-electron chi connectivity index (χ1n) is 5.17. The molecule has 0 atom stereocenters. The molecule has 0 aliphatic rings. The first-order valence-corrected chi connectivity index (χ1v) is 6.05. The number of fused-ring (bicyclic) bond motifs is 3. The van der Waals surface area contributed by atoms with Gasteiger partial charge >= 0.3 is 0 Å². The van der Waals surface area contributed by atoms with E-state index in [2.05, 4.69) is 5.10 Å². The Morgan fingerprint density at radius 1 is 1.50 bits per heavy atom. The van der Waals surface area contributed by atoms with Crippen LogP contribution in [0, 0.1) is 0 Å². The lowest BCUT2D eigenvalue weighted by Gasteiger charge is -2.05. The van der Waals surface area contributed by atoms with Gasteiger partial charge in [-0.1, -0.05) is 6.92 Å². The number of rotatable bonds is 1. The van der Waals surface area contributed by atoms with Crippen molar-refractivity contribution in [3.8, 4) is 0 Å². The Kier molecular flexibility index (Phi) is 1.91. The van der Waals surface area contributed by atoms with Crippen LogP contribution < -0.4 is 5.56 Å². The highest BCUT2D eigenvalue weighted by atomic mass is 32.1. The molecule has 0 radical (unpaired) electrons. The van der Waals surface area contributed by atoms with Crippen LogP contribution in [0.4, 0.5) is 0 Å². The van der Waals surface area contributed by atoms with E-state index in [-0.39, 0.29) is 5.56 Å². The summed E-state index contributed by atoms with van der Waals surface area (Å²) in [4.78, 5) is 13.1. The summed E-state index contributed by atoms with van der Waals surface area (Å²) in [6.07, 6.45) is 0.812. The molecule has 0 saturated heterocycles. The van der Waals surface area contributed by atoms with E-state index in [9.17, 15) is 4.79 Å². The van der Waals surface area contributed by atoms with E-state index < -0.39 is 0 Å². The summed E-state index contributed by atoms with van der Waals surface area (Å²) in [6, 6.07) is 3.97. The number of aromatic nitrogens is 3. The molecule has 3 aromatic heterocycles. The number of aryl methyl sites for hydroxylation is 2. The SMILES string of the molecule is CCc1nn(C)c(=O)c2cc3ccsc3n12. The molecule has 3 aromatic rings. The Labute approximate surface area is 95.7 Å². The standard InChI is InChI=1S/C11H11N3OS/c1-3-9-12-13(2)10(15)8-6-7-4-5-16-11(7)14(8)9/h4-6H,3H2,1-2H3. The van der Waals surface area contributed by atoms with Gasteiger partial charge in [0.2, 0.25) is 0 Å². The third-order valence-electron chi connectivity index (χ3n) is 2.76. The fourth-order valence-corrected chi connectivity index (χ4v) is 2.91. The van der Waals surface area contributed by atoms with Crippen LogP contribution in [0.5, 0.6) is 0 Å². The third kappa shape index (κ3) is 1.09. The number of hydrogen-bond acceptors (Lipinski definition) is 3. The molecule has 0 saturated carbocycles. The minimum absolute atomic E-state index is 0.0411. The van der Waals surface area contributed by atoms with E-state index >= 15 is 0 Å². The second-order valence-corrected chi connectivity index (χ2v) is 4.64. The second-order valence-electron chi connectivity index (χ2n) is 3.74. The van der Waals surface area contributed by atoms with Crippen LogP contribution in [0.1, 0.15) is 12.7 Å². The molecule has 0 amide bonds. The maximum absolute atomic E-state index is 11.9. The summed E-state index contributed by atoms with van der Waals surface area (Å²) in [5.74, 6) is 0.926. The zero-order valence-corrected chi connectivity index (χ0v) is 9.91. The van der Waals surface area contributed by atoms with Crippen molar-refractivity contribution in [3.63, 3.8) is 0 Å². The van der Waals surface area contributed by atoms with Crippen molar-refractivity contribution in [2.45, 2.75) is 13.3 Å². The molecule has 0 aromatic carbocycles. The molecule has 3 rings (SSSR count). The first-order chi connectivity index (χ1) is 7.72. The van der Waals surface area contributed by atoms with Crippen LogP contribution in [0.2, 0.25) is 0 Å². The average molecular weight is 233 g/mol. The molecule has 0 fully saturated rings. The van der Waals surface area contributed by atoms with Gasteiger partial charge in [0.05, 0.1) is 0 Å². The highest BCUT2D eigenvalue weighted by Gasteiger charge is 2.12. The highest BCUT2D eigenvalue weighted by Crippen LogP contribution is 2.24. The van der Waals surface area contributed by atoms with Crippen LogP contribution in [0.15, 0.2) is 22.3 Å².